The molecule has 0 spiro atoms. The number of likely N-dealkylation sites (tertiary alicyclic amines) is 1. The third-order valence-electron chi connectivity index (χ3n) is 5.29. The summed E-state index contributed by atoms with van der Waals surface area (Å²) in [6, 6.07) is 10.3. The molecule has 0 bridgehead atoms. The van der Waals surface area contributed by atoms with Crippen LogP contribution in [-0.2, 0) is 11.3 Å². The number of amides is 1. The lowest BCUT2D eigenvalue weighted by molar-refractivity contribution is -0.121. The molecule has 168 valence electrons. The maximum atomic E-state index is 12.8. The minimum atomic E-state index is -0.155. The normalized spacial score (nSPS) is 16.7. The lowest BCUT2D eigenvalue weighted by Gasteiger charge is -2.30. The van der Waals surface area contributed by atoms with E-state index in [1.54, 1.807) is 43.5 Å². The predicted molar refractivity (Wildman–Crippen MR) is 124 cm³/mol. The van der Waals surface area contributed by atoms with Crippen molar-refractivity contribution < 1.29 is 14.1 Å². The predicted octanol–water partition coefficient (Wildman–Crippen LogP) is 5.56. The topological polar surface area (TPSA) is 80.5 Å². The number of methoxy groups -OCH3 is 1. The number of anilines is 1. The highest BCUT2D eigenvalue weighted by molar-refractivity contribution is 6.36. The zero-order valence-corrected chi connectivity index (χ0v) is 19.5. The minimum absolute atomic E-state index is 0.0462. The van der Waals surface area contributed by atoms with Crippen molar-refractivity contribution in [3.63, 3.8) is 0 Å². The largest absolute Gasteiger partial charge is 0.495 e. The first-order valence-electron chi connectivity index (χ1n) is 10.1. The van der Waals surface area contributed by atoms with Crippen LogP contribution in [0.4, 0.5) is 5.69 Å². The average molecular weight is 496 g/mol. The van der Waals surface area contributed by atoms with Crippen LogP contribution < -0.4 is 10.1 Å². The second-order valence-corrected chi connectivity index (χ2v) is 8.80. The molecule has 4 rings (SSSR count). The smallest absolute Gasteiger partial charge is 0.241 e. The molecule has 2 aromatic carbocycles. The first kappa shape index (κ1) is 22.9. The first-order valence-corrected chi connectivity index (χ1v) is 11.2. The van der Waals surface area contributed by atoms with Gasteiger partial charge in [0.2, 0.25) is 17.6 Å². The molecule has 0 radical (unpaired) electrons. The summed E-state index contributed by atoms with van der Waals surface area (Å²) < 4.78 is 10.6. The summed E-state index contributed by atoms with van der Waals surface area (Å²) in [5, 5.41) is 8.42. The Labute approximate surface area is 200 Å². The Hall–Kier alpha value is -2.32. The van der Waals surface area contributed by atoms with Crippen molar-refractivity contribution in [3.05, 3.63) is 57.4 Å². The quantitative estimate of drug-likeness (QED) is 0.482. The zero-order valence-electron chi connectivity index (χ0n) is 17.3. The van der Waals surface area contributed by atoms with Crippen molar-refractivity contribution in [2.45, 2.75) is 19.4 Å². The van der Waals surface area contributed by atoms with Gasteiger partial charge in [0, 0.05) is 22.8 Å². The van der Waals surface area contributed by atoms with Crippen LogP contribution >= 0.6 is 34.8 Å². The molecule has 1 unspecified atom stereocenters. The lowest BCUT2D eigenvalue weighted by Crippen LogP contribution is -2.40. The van der Waals surface area contributed by atoms with Crippen molar-refractivity contribution in [3.8, 4) is 17.1 Å². The third-order valence-corrected chi connectivity index (χ3v) is 6.14. The van der Waals surface area contributed by atoms with Crippen LogP contribution in [0.25, 0.3) is 11.4 Å². The fourth-order valence-corrected chi connectivity index (χ4v) is 4.44. The van der Waals surface area contributed by atoms with E-state index in [-0.39, 0.29) is 11.8 Å². The number of carbonyl (C=O) groups is 1. The maximum absolute atomic E-state index is 12.8. The number of nitrogens with zero attached hydrogens (tertiary/aromatic N) is 3. The van der Waals surface area contributed by atoms with Crippen LogP contribution in [0.1, 0.15) is 18.7 Å². The average Bonchev–Trinajstić information content (AvgIpc) is 3.22. The van der Waals surface area contributed by atoms with Gasteiger partial charge in [-0.15, -0.1) is 0 Å². The van der Waals surface area contributed by atoms with E-state index in [2.05, 4.69) is 20.4 Å². The molecule has 7 nitrogen and oxygen atoms in total. The van der Waals surface area contributed by atoms with Gasteiger partial charge in [-0.05, 0) is 55.8 Å². The van der Waals surface area contributed by atoms with Gasteiger partial charge in [-0.25, -0.2) is 0 Å². The van der Waals surface area contributed by atoms with E-state index in [0.29, 0.717) is 56.9 Å². The van der Waals surface area contributed by atoms with E-state index in [4.69, 9.17) is 44.1 Å². The van der Waals surface area contributed by atoms with E-state index in [1.165, 1.54) is 0 Å². The van der Waals surface area contributed by atoms with Gasteiger partial charge in [0.25, 0.3) is 0 Å². The van der Waals surface area contributed by atoms with E-state index in [0.717, 1.165) is 19.4 Å². The fraction of sp³-hybridized carbons (Fsp3) is 0.318. The third kappa shape index (κ3) is 5.35. The number of nitrogens with one attached hydrogen (secondary N) is 1. The second-order valence-electron chi connectivity index (χ2n) is 7.55. The highest BCUT2D eigenvalue weighted by Gasteiger charge is 2.27. The fourth-order valence-electron chi connectivity index (χ4n) is 3.69. The van der Waals surface area contributed by atoms with Crippen LogP contribution in [0, 0.1) is 5.92 Å². The highest BCUT2D eigenvalue weighted by Crippen LogP contribution is 2.30. The van der Waals surface area contributed by atoms with Crippen molar-refractivity contribution in [2.75, 3.05) is 25.5 Å². The molecule has 1 amide bonds. The number of ether oxygens (including phenoxy) is 1. The molecule has 0 aliphatic carbocycles. The molecule has 1 atom stereocenters. The van der Waals surface area contributed by atoms with Gasteiger partial charge in [-0.2, -0.15) is 4.98 Å². The monoisotopic (exact) mass is 494 g/mol. The number of hydrogen-bond acceptors (Lipinski definition) is 6. The number of rotatable bonds is 6. The van der Waals surface area contributed by atoms with Gasteiger partial charge in [0.15, 0.2) is 0 Å². The van der Waals surface area contributed by atoms with Gasteiger partial charge in [0.1, 0.15) is 5.75 Å². The Morgan fingerprint density at radius 3 is 2.81 bits per heavy atom. The summed E-state index contributed by atoms with van der Waals surface area (Å²) in [4.78, 5) is 19.4. The van der Waals surface area contributed by atoms with Crippen molar-refractivity contribution >= 4 is 46.4 Å². The minimum Gasteiger partial charge on any atom is -0.495 e. The summed E-state index contributed by atoms with van der Waals surface area (Å²) in [6.45, 7) is 1.89. The number of hydrogen-bond donors (Lipinski definition) is 1. The van der Waals surface area contributed by atoms with Crippen LogP contribution in [0.2, 0.25) is 15.1 Å². The zero-order chi connectivity index (χ0) is 22.7. The SMILES string of the molecule is COc1ccc(NC(=O)C2CCCN(Cc3nc(-c4ccc(Cl)cc4Cl)no3)C2)cc1Cl. The number of halogens is 3. The Morgan fingerprint density at radius 2 is 2.06 bits per heavy atom. The van der Waals surface area contributed by atoms with Crippen LogP contribution in [0.3, 0.4) is 0 Å². The second kappa shape index (κ2) is 10.1. The van der Waals surface area contributed by atoms with Gasteiger partial charge in [-0.1, -0.05) is 40.0 Å². The first-order chi connectivity index (χ1) is 15.4. The van der Waals surface area contributed by atoms with Crippen molar-refractivity contribution in [2.24, 2.45) is 5.92 Å². The summed E-state index contributed by atoms with van der Waals surface area (Å²) in [5.74, 6) is 1.23. The number of piperidine rings is 1. The molecule has 1 fully saturated rings. The number of carbonyl (C=O) groups excluding carboxylic acids is 1. The van der Waals surface area contributed by atoms with E-state index < -0.39 is 0 Å². The van der Waals surface area contributed by atoms with Crippen molar-refractivity contribution in [1.82, 2.24) is 15.0 Å². The molecule has 1 aliphatic heterocycles. The summed E-state index contributed by atoms with van der Waals surface area (Å²) in [7, 11) is 1.55. The molecule has 32 heavy (non-hydrogen) atoms. The van der Waals surface area contributed by atoms with Crippen LogP contribution in [-0.4, -0.2) is 41.1 Å². The van der Waals surface area contributed by atoms with Crippen LogP contribution in [0.5, 0.6) is 5.75 Å². The van der Waals surface area contributed by atoms with E-state index in [1.807, 2.05) is 0 Å². The van der Waals surface area contributed by atoms with Gasteiger partial charge in [-0.3, -0.25) is 9.69 Å². The maximum Gasteiger partial charge on any atom is 0.241 e. The van der Waals surface area contributed by atoms with Gasteiger partial charge >= 0.3 is 0 Å². The molecule has 3 aromatic rings. The lowest BCUT2D eigenvalue weighted by atomic mass is 9.97. The Kier molecular flexibility index (Phi) is 7.20. The van der Waals surface area contributed by atoms with E-state index >= 15 is 0 Å². The molecule has 10 heteroatoms. The Bertz CT molecular complexity index is 1120. The number of benzene rings is 2. The molecular formula is C22H21Cl3N4O3. The summed E-state index contributed by atoms with van der Waals surface area (Å²) >= 11 is 18.3. The van der Waals surface area contributed by atoms with Crippen LogP contribution in [0.15, 0.2) is 40.9 Å². The standard InChI is InChI=1S/C22H21Cl3N4O3/c1-31-19-7-5-15(10-18(19)25)26-22(30)13-3-2-8-29(11-13)12-20-27-21(28-32-20)16-6-4-14(23)9-17(16)24/h4-7,9-10,13H,2-3,8,11-12H2,1H3,(H,26,30). The molecule has 2 heterocycles. The van der Waals surface area contributed by atoms with Crippen molar-refractivity contribution in [1.29, 1.82) is 0 Å². The molecule has 1 aromatic heterocycles. The molecule has 1 aliphatic rings. The Morgan fingerprint density at radius 1 is 1.22 bits per heavy atom. The summed E-state index contributed by atoms with van der Waals surface area (Å²) in [6.07, 6.45) is 1.70. The molecule has 1 saturated heterocycles. The highest BCUT2D eigenvalue weighted by atomic mass is 35.5. The van der Waals surface area contributed by atoms with Gasteiger partial charge in [0.05, 0.1) is 29.6 Å². The van der Waals surface area contributed by atoms with E-state index in [9.17, 15) is 4.79 Å². The summed E-state index contributed by atoms with van der Waals surface area (Å²) in [5.41, 5.74) is 1.29. The molecular weight excluding hydrogens is 475 g/mol. The number of aromatic nitrogens is 2. The van der Waals surface area contributed by atoms with Gasteiger partial charge < -0.3 is 14.6 Å². The molecule has 1 N–H and O–H groups in total. The molecule has 0 saturated carbocycles. The Balaban J connectivity index is 1.37.